The summed E-state index contributed by atoms with van der Waals surface area (Å²) in [5, 5.41) is 0. The average molecular weight is 450 g/mol. The van der Waals surface area contributed by atoms with E-state index in [1.54, 1.807) is 6.07 Å². The lowest BCUT2D eigenvalue weighted by Gasteiger charge is -2.31. The third kappa shape index (κ3) is 4.50. The van der Waals surface area contributed by atoms with Gasteiger partial charge in [0, 0.05) is 29.4 Å². The van der Waals surface area contributed by atoms with E-state index < -0.39 is 47.7 Å². The summed E-state index contributed by atoms with van der Waals surface area (Å²) in [7, 11) is 0. The van der Waals surface area contributed by atoms with Crippen molar-refractivity contribution in [1.29, 1.82) is 0 Å². The Morgan fingerprint density at radius 1 is 0.875 bits per heavy atom. The fraction of sp³-hybridized carbons (Fsp3) is 0.360. The summed E-state index contributed by atoms with van der Waals surface area (Å²) in [4.78, 5) is 0. The highest BCUT2D eigenvalue weighted by Crippen LogP contribution is 2.39. The van der Waals surface area contributed by atoms with Crippen molar-refractivity contribution >= 4 is 0 Å². The largest absolute Gasteiger partial charge is 0.348 e. The molecule has 1 fully saturated rings. The molecule has 7 heteroatoms. The Morgan fingerprint density at radius 3 is 2.19 bits per heavy atom. The molecule has 0 aromatic heterocycles. The van der Waals surface area contributed by atoms with Gasteiger partial charge in [-0.25, -0.2) is 22.0 Å². The van der Waals surface area contributed by atoms with E-state index in [9.17, 15) is 22.0 Å². The summed E-state index contributed by atoms with van der Waals surface area (Å²) in [6.07, 6.45) is -0.290. The molecule has 1 atom stereocenters. The van der Waals surface area contributed by atoms with E-state index in [-0.39, 0.29) is 22.6 Å². The third-order valence-corrected chi connectivity index (χ3v) is 6.04. The Labute approximate surface area is 183 Å². The monoisotopic (exact) mass is 450 g/mol. The van der Waals surface area contributed by atoms with E-state index in [0.717, 1.165) is 12.1 Å². The molecule has 0 bridgehead atoms. The maximum Gasteiger partial charge on any atom is 0.189 e. The molecule has 2 aliphatic rings. The van der Waals surface area contributed by atoms with E-state index in [0.29, 0.717) is 24.7 Å². The maximum absolute atomic E-state index is 14.8. The van der Waals surface area contributed by atoms with Crippen molar-refractivity contribution in [3.05, 3.63) is 82.7 Å². The van der Waals surface area contributed by atoms with E-state index in [4.69, 9.17) is 9.47 Å². The fourth-order valence-corrected chi connectivity index (χ4v) is 3.92. The Morgan fingerprint density at radius 2 is 1.59 bits per heavy atom. The SMILES string of the molecule is CC(C)C1COC(c2ccc(-c3ccc(C4C=C(F)C(F)=C(F)C4)c(F)c3)c(F)c2)OC1. The van der Waals surface area contributed by atoms with Gasteiger partial charge in [-0.3, -0.25) is 0 Å². The molecule has 2 nitrogen and oxygen atoms in total. The highest BCUT2D eigenvalue weighted by molar-refractivity contribution is 5.65. The summed E-state index contributed by atoms with van der Waals surface area (Å²) in [5.74, 6) is -5.77. The zero-order chi connectivity index (χ0) is 23.0. The summed E-state index contributed by atoms with van der Waals surface area (Å²) >= 11 is 0. The van der Waals surface area contributed by atoms with Gasteiger partial charge in [0.05, 0.1) is 13.2 Å². The molecule has 2 aromatic rings. The van der Waals surface area contributed by atoms with Crippen molar-refractivity contribution in [2.75, 3.05) is 13.2 Å². The van der Waals surface area contributed by atoms with Crippen LogP contribution in [-0.2, 0) is 9.47 Å². The van der Waals surface area contributed by atoms with Crippen molar-refractivity contribution in [3.63, 3.8) is 0 Å². The molecule has 1 aliphatic carbocycles. The molecule has 1 unspecified atom stereocenters. The van der Waals surface area contributed by atoms with Gasteiger partial charge in [-0.1, -0.05) is 38.1 Å². The zero-order valence-corrected chi connectivity index (χ0v) is 17.7. The predicted octanol–water partition coefficient (Wildman–Crippen LogP) is 7.44. The van der Waals surface area contributed by atoms with Crippen molar-refractivity contribution in [2.45, 2.75) is 32.5 Å². The summed E-state index contributed by atoms with van der Waals surface area (Å²) < 4.78 is 81.3. The van der Waals surface area contributed by atoms with Crippen LogP contribution in [0.3, 0.4) is 0 Å². The third-order valence-electron chi connectivity index (χ3n) is 6.04. The van der Waals surface area contributed by atoms with Crippen molar-refractivity contribution < 1.29 is 31.4 Å². The number of benzene rings is 2. The molecule has 1 aliphatic heterocycles. The Hall–Kier alpha value is -2.51. The van der Waals surface area contributed by atoms with Crippen LogP contribution in [0.1, 0.15) is 43.6 Å². The second kappa shape index (κ2) is 9.16. The van der Waals surface area contributed by atoms with Crippen LogP contribution < -0.4 is 0 Å². The molecule has 4 rings (SSSR count). The summed E-state index contributed by atoms with van der Waals surface area (Å²) in [6, 6.07) is 8.37. The summed E-state index contributed by atoms with van der Waals surface area (Å²) in [5.41, 5.74) is 0.964. The van der Waals surface area contributed by atoms with Gasteiger partial charge in [0.25, 0.3) is 0 Å². The van der Waals surface area contributed by atoms with Crippen LogP contribution in [0.4, 0.5) is 22.0 Å². The number of allylic oxidation sites excluding steroid dienone is 4. The first-order chi connectivity index (χ1) is 15.2. The van der Waals surface area contributed by atoms with Gasteiger partial charge in [-0.15, -0.1) is 0 Å². The van der Waals surface area contributed by atoms with Crippen LogP contribution in [0, 0.1) is 23.5 Å². The summed E-state index contributed by atoms with van der Waals surface area (Å²) in [6.45, 7) is 5.22. The Balaban J connectivity index is 1.53. The molecule has 1 saturated heterocycles. The van der Waals surface area contributed by atoms with Gasteiger partial charge in [-0.2, -0.15) is 0 Å². The average Bonchev–Trinajstić information content (AvgIpc) is 2.77. The number of hydrogen-bond donors (Lipinski definition) is 0. The molecule has 0 N–H and O–H groups in total. The quantitative estimate of drug-likeness (QED) is 0.451. The van der Waals surface area contributed by atoms with Crippen molar-refractivity contribution in [3.8, 4) is 11.1 Å². The normalized spacial score (nSPS) is 24.1. The van der Waals surface area contributed by atoms with Gasteiger partial charge in [0.15, 0.2) is 17.9 Å². The first-order valence-electron chi connectivity index (χ1n) is 10.5. The first-order valence-corrected chi connectivity index (χ1v) is 10.5. The van der Waals surface area contributed by atoms with Crippen LogP contribution in [0.25, 0.3) is 11.1 Å². The van der Waals surface area contributed by atoms with Crippen LogP contribution in [0.15, 0.2) is 60.0 Å². The molecule has 170 valence electrons. The smallest absolute Gasteiger partial charge is 0.189 e. The molecular weight excluding hydrogens is 427 g/mol. The molecule has 0 saturated carbocycles. The fourth-order valence-electron chi connectivity index (χ4n) is 3.92. The molecular formula is C25H23F5O2. The van der Waals surface area contributed by atoms with Gasteiger partial charge < -0.3 is 9.47 Å². The highest BCUT2D eigenvalue weighted by Gasteiger charge is 2.28. The van der Waals surface area contributed by atoms with Crippen LogP contribution in [-0.4, -0.2) is 13.2 Å². The second-order valence-electron chi connectivity index (χ2n) is 8.52. The lowest BCUT2D eigenvalue weighted by atomic mass is 9.89. The number of rotatable bonds is 4. The first kappa shape index (κ1) is 22.7. The van der Waals surface area contributed by atoms with Crippen molar-refractivity contribution in [2.24, 2.45) is 11.8 Å². The standard InChI is InChI=1S/C25H23F5O2/c1-13(2)17-11-31-25(32-12-17)15-4-6-18(21(27)8-15)14-3-5-19(20(26)7-14)16-9-22(28)24(30)23(29)10-16/h3-9,13,16-17,25H,10-12H2,1-2H3. The minimum absolute atomic E-state index is 0.00675. The van der Waals surface area contributed by atoms with Crippen molar-refractivity contribution in [1.82, 2.24) is 0 Å². The Bertz CT molecular complexity index is 1070. The Kier molecular flexibility index (Phi) is 6.49. The van der Waals surface area contributed by atoms with E-state index in [1.807, 2.05) is 0 Å². The van der Waals surface area contributed by atoms with Gasteiger partial charge in [-0.05, 0) is 35.3 Å². The molecule has 1 heterocycles. The van der Waals surface area contributed by atoms with Crippen LogP contribution in [0.2, 0.25) is 0 Å². The molecule has 32 heavy (non-hydrogen) atoms. The van der Waals surface area contributed by atoms with Crippen LogP contribution >= 0.6 is 0 Å². The minimum atomic E-state index is -1.55. The van der Waals surface area contributed by atoms with Crippen LogP contribution in [0.5, 0.6) is 0 Å². The van der Waals surface area contributed by atoms with E-state index in [1.165, 1.54) is 24.3 Å². The predicted molar refractivity (Wildman–Crippen MR) is 111 cm³/mol. The topological polar surface area (TPSA) is 18.5 Å². The minimum Gasteiger partial charge on any atom is -0.348 e. The van der Waals surface area contributed by atoms with Gasteiger partial charge in [0.2, 0.25) is 0 Å². The number of halogens is 5. The zero-order valence-electron chi connectivity index (χ0n) is 17.7. The van der Waals surface area contributed by atoms with E-state index >= 15 is 0 Å². The lowest BCUT2D eigenvalue weighted by Crippen LogP contribution is -2.30. The van der Waals surface area contributed by atoms with Gasteiger partial charge >= 0.3 is 0 Å². The van der Waals surface area contributed by atoms with E-state index in [2.05, 4.69) is 13.8 Å². The molecule has 0 spiro atoms. The maximum atomic E-state index is 14.8. The highest BCUT2D eigenvalue weighted by atomic mass is 19.2. The second-order valence-corrected chi connectivity index (χ2v) is 8.52. The lowest BCUT2D eigenvalue weighted by molar-refractivity contribution is -0.211. The molecule has 0 amide bonds. The molecule has 2 aromatic carbocycles. The molecule has 0 radical (unpaired) electrons. The number of hydrogen-bond acceptors (Lipinski definition) is 2. The van der Waals surface area contributed by atoms with Gasteiger partial charge in [0.1, 0.15) is 17.5 Å². The number of ether oxygens (including phenoxy) is 2.